The Morgan fingerprint density at radius 3 is 2.59 bits per heavy atom. The van der Waals surface area contributed by atoms with Gasteiger partial charge in [-0.2, -0.15) is 0 Å². The van der Waals surface area contributed by atoms with Crippen LogP contribution in [0.5, 0.6) is 0 Å². The highest BCUT2D eigenvalue weighted by Gasteiger charge is 2.16. The summed E-state index contributed by atoms with van der Waals surface area (Å²) >= 11 is 11.4. The lowest BCUT2D eigenvalue weighted by atomic mass is 10.1. The van der Waals surface area contributed by atoms with Crippen LogP contribution in [0.3, 0.4) is 0 Å². The molecule has 0 saturated carbocycles. The Labute approximate surface area is 105 Å². The van der Waals surface area contributed by atoms with Crippen molar-refractivity contribution in [1.29, 1.82) is 0 Å². The van der Waals surface area contributed by atoms with Crippen LogP contribution in [-0.2, 0) is 0 Å². The molecule has 2 aromatic rings. The summed E-state index contributed by atoms with van der Waals surface area (Å²) in [6, 6.07) is 3.41. The number of carbonyl (C=O) groups is 1. The van der Waals surface area contributed by atoms with E-state index >= 15 is 0 Å². The zero-order valence-electron chi connectivity index (χ0n) is 8.08. The summed E-state index contributed by atoms with van der Waals surface area (Å²) in [5.74, 6) is -1.87. The van der Waals surface area contributed by atoms with Crippen molar-refractivity contribution in [3.63, 3.8) is 0 Å². The fourth-order valence-corrected chi connectivity index (χ4v) is 1.69. The normalized spacial score (nSPS) is 10.5. The van der Waals surface area contributed by atoms with E-state index in [0.717, 1.165) is 12.1 Å². The van der Waals surface area contributed by atoms with Crippen LogP contribution in [0.25, 0.3) is 11.3 Å². The van der Waals surface area contributed by atoms with Crippen molar-refractivity contribution in [2.24, 2.45) is 0 Å². The van der Waals surface area contributed by atoms with Gasteiger partial charge in [-0.25, -0.2) is 9.18 Å². The van der Waals surface area contributed by atoms with Crippen molar-refractivity contribution < 1.29 is 18.8 Å². The second-order valence-electron chi connectivity index (χ2n) is 3.13. The van der Waals surface area contributed by atoms with Gasteiger partial charge in [0.05, 0.1) is 10.0 Å². The summed E-state index contributed by atoms with van der Waals surface area (Å²) in [5, 5.41) is 12.0. The van der Waals surface area contributed by atoms with Crippen LogP contribution in [0, 0.1) is 5.82 Å². The van der Waals surface area contributed by atoms with Crippen LogP contribution < -0.4 is 0 Å². The summed E-state index contributed by atoms with van der Waals surface area (Å²) in [4.78, 5) is 10.6. The lowest BCUT2D eigenvalue weighted by molar-refractivity contribution is 0.0686. The van der Waals surface area contributed by atoms with Gasteiger partial charge in [0.2, 0.25) is 0 Å². The molecule has 0 amide bonds. The molecule has 1 N–H and O–H groups in total. The van der Waals surface area contributed by atoms with Crippen LogP contribution in [-0.4, -0.2) is 16.2 Å². The first-order valence-corrected chi connectivity index (χ1v) is 5.09. The monoisotopic (exact) mass is 275 g/mol. The Morgan fingerprint density at radius 2 is 2.00 bits per heavy atom. The van der Waals surface area contributed by atoms with Crippen molar-refractivity contribution in [2.75, 3.05) is 0 Å². The van der Waals surface area contributed by atoms with E-state index in [-0.39, 0.29) is 27.1 Å². The van der Waals surface area contributed by atoms with Gasteiger partial charge in [0.25, 0.3) is 0 Å². The standard InChI is InChI=1S/C10H4Cl2FNO3/c11-5-2-6(12)7(13)1-4(5)9-3-8(10(15)16)14-17-9/h1-3H,(H,15,16). The number of hydrogen-bond donors (Lipinski definition) is 1. The van der Waals surface area contributed by atoms with E-state index in [9.17, 15) is 9.18 Å². The third-order valence-corrected chi connectivity index (χ3v) is 2.61. The summed E-state index contributed by atoms with van der Waals surface area (Å²) in [6.07, 6.45) is 0. The number of aromatic nitrogens is 1. The van der Waals surface area contributed by atoms with Crippen LogP contribution in [0.4, 0.5) is 4.39 Å². The molecule has 0 aliphatic rings. The molecule has 0 atom stereocenters. The predicted octanol–water partition coefficient (Wildman–Crippen LogP) is 3.49. The van der Waals surface area contributed by atoms with Crippen molar-refractivity contribution in [3.05, 3.63) is 39.8 Å². The van der Waals surface area contributed by atoms with E-state index in [1.807, 2.05) is 0 Å². The zero-order valence-corrected chi connectivity index (χ0v) is 9.59. The van der Waals surface area contributed by atoms with E-state index in [1.54, 1.807) is 0 Å². The molecule has 1 heterocycles. The number of benzene rings is 1. The number of aromatic carboxylic acids is 1. The minimum absolute atomic E-state index is 0.0583. The maximum Gasteiger partial charge on any atom is 0.358 e. The quantitative estimate of drug-likeness (QED) is 0.853. The maximum absolute atomic E-state index is 13.2. The Kier molecular flexibility index (Phi) is 3.04. The molecule has 7 heteroatoms. The SMILES string of the molecule is O=C(O)c1cc(-c2cc(F)c(Cl)cc2Cl)on1. The minimum atomic E-state index is -1.24. The Bertz CT molecular complexity index is 597. The molecule has 0 aliphatic carbocycles. The molecule has 0 saturated heterocycles. The third-order valence-electron chi connectivity index (χ3n) is 2.00. The number of hydrogen-bond acceptors (Lipinski definition) is 3. The van der Waals surface area contributed by atoms with Gasteiger partial charge in [-0.3, -0.25) is 0 Å². The van der Waals surface area contributed by atoms with Gasteiger partial charge in [0.15, 0.2) is 11.5 Å². The lowest BCUT2D eigenvalue weighted by Gasteiger charge is -2.01. The Morgan fingerprint density at radius 1 is 1.29 bits per heavy atom. The average Bonchev–Trinajstić information content (AvgIpc) is 2.72. The first-order valence-electron chi connectivity index (χ1n) is 4.34. The molecule has 1 aromatic carbocycles. The topological polar surface area (TPSA) is 63.3 Å². The van der Waals surface area contributed by atoms with E-state index in [1.165, 1.54) is 6.07 Å². The van der Waals surface area contributed by atoms with Gasteiger partial charge >= 0.3 is 5.97 Å². The first-order chi connectivity index (χ1) is 7.99. The number of nitrogens with zero attached hydrogens (tertiary/aromatic N) is 1. The molecule has 1 aromatic heterocycles. The summed E-state index contributed by atoms with van der Waals surface area (Å²) in [5.41, 5.74) is -0.0972. The largest absolute Gasteiger partial charge is 0.476 e. The molecular formula is C10H4Cl2FNO3. The second kappa shape index (κ2) is 4.35. The molecule has 0 spiro atoms. The lowest BCUT2D eigenvalue weighted by Crippen LogP contribution is -1.94. The molecule has 88 valence electrons. The number of carboxylic acids is 1. The molecule has 0 bridgehead atoms. The van der Waals surface area contributed by atoms with Gasteiger partial charge in [-0.1, -0.05) is 28.4 Å². The van der Waals surface area contributed by atoms with Gasteiger partial charge in [-0.15, -0.1) is 0 Å². The molecule has 4 nitrogen and oxygen atoms in total. The van der Waals surface area contributed by atoms with Crippen LogP contribution in [0.1, 0.15) is 10.5 Å². The molecular weight excluding hydrogens is 272 g/mol. The molecule has 0 fully saturated rings. The van der Waals surface area contributed by atoms with Crippen molar-refractivity contribution >= 4 is 29.2 Å². The van der Waals surface area contributed by atoms with Crippen molar-refractivity contribution in [3.8, 4) is 11.3 Å². The number of halogens is 3. The van der Waals surface area contributed by atoms with Crippen LogP contribution in [0.2, 0.25) is 10.0 Å². The van der Waals surface area contributed by atoms with Crippen LogP contribution >= 0.6 is 23.2 Å². The summed E-state index contributed by atoms with van der Waals surface area (Å²) in [6.45, 7) is 0. The summed E-state index contributed by atoms with van der Waals surface area (Å²) < 4.78 is 18.0. The van der Waals surface area contributed by atoms with Crippen LogP contribution in [0.15, 0.2) is 22.7 Å². The van der Waals surface area contributed by atoms with Crippen molar-refractivity contribution in [2.45, 2.75) is 0 Å². The third kappa shape index (κ3) is 2.25. The van der Waals surface area contributed by atoms with E-state index in [4.69, 9.17) is 32.8 Å². The second-order valence-corrected chi connectivity index (χ2v) is 3.94. The van der Waals surface area contributed by atoms with Gasteiger partial charge < -0.3 is 9.63 Å². The Hall–Kier alpha value is -1.59. The molecule has 17 heavy (non-hydrogen) atoms. The maximum atomic E-state index is 13.2. The predicted molar refractivity (Wildman–Crippen MR) is 58.9 cm³/mol. The highest BCUT2D eigenvalue weighted by molar-refractivity contribution is 6.36. The van der Waals surface area contributed by atoms with E-state index in [0.29, 0.717) is 0 Å². The van der Waals surface area contributed by atoms with E-state index in [2.05, 4.69) is 5.16 Å². The van der Waals surface area contributed by atoms with Gasteiger partial charge in [0, 0.05) is 11.6 Å². The fraction of sp³-hybridized carbons (Fsp3) is 0. The highest BCUT2D eigenvalue weighted by atomic mass is 35.5. The van der Waals surface area contributed by atoms with Crippen molar-refractivity contribution in [1.82, 2.24) is 5.16 Å². The molecule has 2 rings (SSSR count). The average molecular weight is 276 g/mol. The molecule has 0 unspecified atom stereocenters. The minimum Gasteiger partial charge on any atom is -0.476 e. The smallest absolute Gasteiger partial charge is 0.358 e. The molecule has 0 radical (unpaired) electrons. The molecule has 0 aliphatic heterocycles. The summed E-state index contributed by atoms with van der Waals surface area (Å²) in [7, 11) is 0. The van der Waals surface area contributed by atoms with Gasteiger partial charge in [0.1, 0.15) is 5.82 Å². The highest BCUT2D eigenvalue weighted by Crippen LogP contribution is 2.32. The number of rotatable bonds is 2. The Balaban J connectivity index is 2.52. The zero-order chi connectivity index (χ0) is 12.6. The first kappa shape index (κ1) is 11.9. The van der Waals surface area contributed by atoms with E-state index < -0.39 is 11.8 Å². The number of carboxylic acid groups (broad SMARTS) is 1. The van der Waals surface area contributed by atoms with Gasteiger partial charge in [-0.05, 0) is 12.1 Å². The fourth-order valence-electron chi connectivity index (χ4n) is 1.21.